The fraction of sp³-hybridized carbons (Fsp3) is 0.450. The fourth-order valence-corrected chi connectivity index (χ4v) is 3.30. The van der Waals surface area contributed by atoms with Crippen LogP contribution in [0.1, 0.15) is 23.4 Å². The van der Waals surface area contributed by atoms with E-state index < -0.39 is 0 Å². The second kappa shape index (κ2) is 9.71. The van der Waals surface area contributed by atoms with E-state index >= 15 is 0 Å². The van der Waals surface area contributed by atoms with Gasteiger partial charge in [-0.2, -0.15) is 9.97 Å². The molecule has 0 aliphatic carbocycles. The number of halogens is 1. The summed E-state index contributed by atoms with van der Waals surface area (Å²) in [5, 5.41) is 0. The number of benzene rings is 1. The minimum atomic E-state index is -0.0749. The minimum Gasteiger partial charge on any atom is -0.453 e. The van der Waals surface area contributed by atoms with E-state index in [-0.39, 0.29) is 37.0 Å². The zero-order chi connectivity index (χ0) is 19.4. The molecular weight excluding hydrogens is 378 g/mol. The molecule has 7 nitrogen and oxygen atoms in total. The number of likely N-dealkylation sites (tertiary alicyclic amines) is 1. The number of nitrogens with zero attached hydrogens (tertiary/aromatic N) is 4. The first-order chi connectivity index (χ1) is 12.9. The molecule has 28 heavy (non-hydrogen) atoms. The van der Waals surface area contributed by atoms with Gasteiger partial charge in [0.1, 0.15) is 0 Å². The normalized spacial score (nSPS) is 16.5. The van der Waals surface area contributed by atoms with Gasteiger partial charge in [-0.1, -0.05) is 30.3 Å². The summed E-state index contributed by atoms with van der Waals surface area (Å²) in [5.41, 5.74) is 9.01. The monoisotopic (exact) mass is 405 g/mol. The van der Waals surface area contributed by atoms with Gasteiger partial charge in [-0.15, -0.1) is 12.4 Å². The number of anilines is 1. The van der Waals surface area contributed by atoms with Crippen LogP contribution in [-0.2, 0) is 11.3 Å². The van der Waals surface area contributed by atoms with Gasteiger partial charge in [0.25, 0.3) is 5.91 Å². The SMILES string of the molecule is Cc1nc(OCC(=O)N(C)C2CCN(Cc3ccccc3)C2)nc(C)c1N.Cl. The van der Waals surface area contributed by atoms with Crippen LogP contribution >= 0.6 is 12.4 Å². The van der Waals surface area contributed by atoms with Gasteiger partial charge in [-0.05, 0) is 25.8 Å². The molecule has 1 fully saturated rings. The van der Waals surface area contributed by atoms with E-state index in [4.69, 9.17) is 10.5 Å². The lowest BCUT2D eigenvalue weighted by Gasteiger charge is -2.25. The van der Waals surface area contributed by atoms with E-state index in [0.717, 1.165) is 26.1 Å². The maximum absolute atomic E-state index is 12.5. The Balaban J connectivity index is 0.00000280. The predicted molar refractivity (Wildman–Crippen MR) is 112 cm³/mol. The first kappa shape index (κ1) is 21.9. The quantitative estimate of drug-likeness (QED) is 0.793. The highest BCUT2D eigenvalue weighted by atomic mass is 35.5. The molecule has 1 saturated heterocycles. The summed E-state index contributed by atoms with van der Waals surface area (Å²) in [6, 6.07) is 10.8. The van der Waals surface area contributed by atoms with Crippen molar-refractivity contribution >= 4 is 24.0 Å². The molecule has 1 aromatic heterocycles. The van der Waals surface area contributed by atoms with Crippen LogP contribution in [0.3, 0.4) is 0 Å². The van der Waals surface area contributed by atoms with Crippen molar-refractivity contribution in [3.05, 3.63) is 47.3 Å². The molecule has 0 radical (unpaired) electrons. The zero-order valence-electron chi connectivity index (χ0n) is 16.6. The Kier molecular flexibility index (Phi) is 7.60. The Morgan fingerprint density at radius 3 is 2.54 bits per heavy atom. The van der Waals surface area contributed by atoms with E-state index in [1.54, 1.807) is 18.7 Å². The third kappa shape index (κ3) is 5.33. The Hall–Kier alpha value is -2.38. The second-order valence-corrected chi connectivity index (χ2v) is 7.05. The molecule has 152 valence electrons. The van der Waals surface area contributed by atoms with Crippen LogP contribution in [0.2, 0.25) is 0 Å². The molecule has 2 N–H and O–H groups in total. The van der Waals surface area contributed by atoms with Crippen LogP contribution in [0.5, 0.6) is 6.01 Å². The topological polar surface area (TPSA) is 84.6 Å². The van der Waals surface area contributed by atoms with Crippen molar-refractivity contribution in [3.8, 4) is 6.01 Å². The highest BCUT2D eigenvalue weighted by molar-refractivity contribution is 5.85. The number of ether oxygens (including phenoxy) is 1. The number of rotatable bonds is 6. The Bertz CT molecular complexity index is 779. The van der Waals surface area contributed by atoms with Crippen LogP contribution in [-0.4, -0.2) is 58.5 Å². The molecule has 1 aliphatic rings. The molecule has 2 aromatic rings. The number of carbonyl (C=O) groups is 1. The Labute approximate surface area is 172 Å². The molecule has 1 aliphatic heterocycles. The van der Waals surface area contributed by atoms with Gasteiger partial charge < -0.3 is 15.4 Å². The van der Waals surface area contributed by atoms with Gasteiger partial charge >= 0.3 is 6.01 Å². The van der Waals surface area contributed by atoms with Gasteiger partial charge in [0.05, 0.1) is 17.1 Å². The number of nitrogens with two attached hydrogens (primary N) is 1. The second-order valence-electron chi connectivity index (χ2n) is 7.05. The van der Waals surface area contributed by atoms with Gasteiger partial charge in [-0.3, -0.25) is 9.69 Å². The lowest BCUT2D eigenvalue weighted by molar-refractivity contribution is -0.134. The predicted octanol–water partition coefficient (Wildman–Crippen LogP) is 2.21. The molecule has 0 saturated carbocycles. The first-order valence-electron chi connectivity index (χ1n) is 9.19. The minimum absolute atomic E-state index is 0. The van der Waals surface area contributed by atoms with Gasteiger partial charge in [0, 0.05) is 32.7 Å². The van der Waals surface area contributed by atoms with Gasteiger partial charge in [0.15, 0.2) is 6.61 Å². The molecule has 0 spiro atoms. The molecule has 1 amide bonds. The van der Waals surface area contributed by atoms with Crippen LogP contribution in [0.4, 0.5) is 5.69 Å². The van der Waals surface area contributed by atoms with E-state index in [1.807, 2.05) is 13.1 Å². The van der Waals surface area contributed by atoms with Crippen LogP contribution < -0.4 is 10.5 Å². The standard InChI is InChI=1S/C20H27N5O2.ClH/c1-14-19(21)15(2)23-20(22-14)27-13-18(26)24(3)17-9-10-25(12-17)11-16-7-5-4-6-8-16;/h4-8,17H,9-13,21H2,1-3H3;1H. The first-order valence-corrected chi connectivity index (χ1v) is 9.19. The number of amides is 1. The summed E-state index contributed by atoms with van der Waals surface area (Å²) < 4.78 is 5.51. The summed E-state index contributed by atoms with van der Waals surface area (Å²) in [4.78, 5) is 25.0. The van der Waals surface area contributed by atoms with E-state index in [1.165, 1.54) is 5.56 Å². The molecule has 1 aromatic carbocycles. The van der Waals surface area contributed by atoms with E-state index in [9.17, 15) is 4.79 Å². The van der Waals surface area contributed by atoms with Crippen molar-refractivity contribution in [2.75, 3.05) is 32.5 Å². The summed E-state index contributed by atoms with van der Waals surface area (Å²) in [7, 11) is 1.84. The summed E-state index contributed by atoms with van der Waals surface area (Å²) in [6.45, 7) is 6.28. The van der Waals surface area contributed by atoms with Crippen LogP contribution in [0, 0.1) is 13.8 Å². The number of hydrogen-bond donors (Lipinski definition) is 1. The number of hydrogen-bond acceptors (Lipinski definition) is 6. The average Bonchev–Trinajstić information content (AvgIpc) is 3.12. The Morgan fingerprint density at radius 2 is 1.89 bits per heavy atom. The lowest BCUT2D eigenvalue weighted by atomic mass is 10.2. The van der Waals surface area contributed by atoms with E-state index in [2.05, 4.69) is 39.1 Å². The lowest BCUT2D eigenvalue weighted by Crippen LogP contribution is -2.41. The highest BCUT2D eigenvalue weighted by Gasteiger charge is 2.28. The van der Waals surface area contributed by atoms with Crippen molar-refractivity contribution in [1.29, 1.82) is 0 Å². The Morgan fingerprint density at radius 1 is 1.25 bits per heavy atom. The van der Waals surface area contributed by atoms with Crippen molar-refractivity contribution in [2.24, 2.45) is 0 Å². The molecular formula is C20H28ClN5O2. The third-order valence-electron chi connectivity index (χ3n) is 5.07. The smallest absolute Gasteiger partial charge is 0.317 e. The average molecular weight is 406 g/mol. The molecule has 0 bridgehead atoms. The zero-order valence-corrected chi connectivity index (χ0v) is 17.4. The van der Waals surface area contributed by atoms with Gasteiger partial charge in [-0.25, -0.2) is 0 Å². The van der Waals surface area contributed by atoms with E-state index in [0.29, 0.717) is 17.1 Å². The number of aromatic nitrogens is 2. The molecule has 2 heterocycles. The van der Waals surface area contributed by atoms with Crippen molar-refractivity contribution < 1.29 is 9.53 Å². The molecule has 8 heteroatoms. The maximum atomic E-state index is 12.5. The van der Waals surface area contributed by atoms with Gasteiger partial charge in [0.2, 0.25) is 0 Å². The van der Waals surface area contributed by atoms with Crippen LogP contribution in [0.15, 0.2) is 30.3 Å². The molecule has 1 unspecified atom stereocenters. The number of aryl methyl sites for hydroxylation is 2. The van der Waals surface area contributed by atoms with Crippen molar-refractivity contribution in [1.82, 2.24) is 19.8 Å². The highest BCUT2D eigenvalue weighted by Crippen LogP contribution is 2.18. The number of likely N-dealkylation sites (N-methyl/N-ethyl adjacent to an activating group) is 1. The summed E-state index contributed by atoms with van der Waals surface area (Å²) >= 11 is 0. The number of nitrogen functional groups attached to an aromatic ring is 1. The summed E-state index contributed by atoms with van der Waals surface area (Å²) in [6.07, 6.45) is 0.964. The van der Waals surface area contributed by atoms with Crippen molar-refractivity contribution in [2.45, 2.75) is 32.9 Å². The largest absolute Gasteiger partial charge is 0.453 e. The summed E-state index contributed by atoms with van der Waals surface area (Å²) in [5.74, 6) is -0.0720. The van der Waals surface area contributed by atoms with Crippen molar-refractivity contribution in [3.63, 3.8) is 0 Å². The maximum Gasteiger partial charge on any atom is 0.317 e. The fourth-order valence-electron chi connectivity index (χ4n) is 3.30. The van der Waals surface area contributed by atoms with Crippen LogP contribution in [0.25, 0.3) is 0 Å². The molecule has 3 rings (SSSR count). The third-order valence-corrected chi connectivity index (χ3v) is 5.07. The molecule has 1 atom stereocenters. The number of carbonyl (C=O) groups excluding carboxylic acids is 1.